The smallest absolute Gasteiger partial charge is 0.242 e. The lowest BCUT2D eigenvalue weighted by molar-refractivity contribution is 0.0657. The van der Waals surface area contributed by atoms with Crippen molar-refractivity contribution in [2.45, 2.75) is 29.7 Å². The summed E-state index contributed by atoms with van der Waals surface area (Å²) in [6, 6.07) is 6.11. The molecule has 1 N–H and O–H groups in total. The summed E-state index contributed by atoms with van der Waals surface area (Å²) in [6.07, 6.45) is 3.06. The van der Waals surface area contributed by atoms with Crippen LogP contribution < -0.4 is 4.72 Å². The zero-order valence-corrected chi connectivity index (χ0v) is 13.6. The van der Waals surface area contributed by atoms with Gasteiger partial charge in [-0.15, -0.1) is 0 Å². The number of benzene rings is 1. The van der Waals surface area contributed by atoms with Crippen molar-refractivity contribution in [1.29, 1.82) is 5.26 Å². The van der Waals surface area contributed by atoms with E-state index in [4.69, 9.17) is 16.9 Å². The number of nitrogens with one attached hydrogen (secondary N) is 1. The molecular weight excluding hydrogens is 310 g/mol. The molecule has 0 heterocycles. The van der Waals surface area contributed by atoms with Crippen LogP contribution >= 0.6 is 11.6 Å². The molecule has 1 fully saturated rings. The normalized spacial score (nSPS) is 17.3. The lowest BCUT2D eigenvalue weighted by Gasteiger charge is -2.47. The molecule has 0 atom stereocenters. The van der Waals surface area contributed by atoms with Gasteiger partial charge in [0.2, 0.25) is 10.0 Å². The Bertz CT molecular complexity index is 676. The Morgan fingerprint density at radius 2 is 2.10 bits per heavy atom. The second-order valence-corrected chi connectivity index (χ2v) is 7.70. The first kappa shape index (κ1) is 16.2. The fourth-order valence-corrected chi connectivity index (χ4v) is 4.12. The third-order valence-corrected chi connectivity index (χ3v) is 6.06. The molecule has 21 heavy (non-hydrogen) atoms. The highest BCUT2D eigenvalue weighted by Crippen LogP contribution is 2.36. The van der Waals surface area contributed by atoms with Crippen molar-refractivity contribution in [3.05, 3.63) is 28.8 Å². The van der Waals surface area contributed by atoms with Gasteiger partial charge in [-0.25, -0.2) is 13.1 Å². The number of rotatable bonds is 5. The van der Waals surface area contributed by atoms with Gasteiger partial charge in [0.25, 0.3) is 0 Å². The summed E-state index contributed by atoms with van der Waals surface area (Å²) in [7, 11) is 0.244. The van der Waals surface area contributed by atoms with E-state index in [2.05, 4.69) is 9.62 Å². The van der Waals surface area contributed by atoms with E-state index < -0.39 is 10.0 Å². The summed E-state index contributed by atoms with van der Waals surface area (Å²) in [5.41, 5.74) is 0.231. The van der Waals surface area contributed by atoms with Crippen LogP contribution in [0, 0.1) is 11.3 Å². The van der Waals surface area contributed by atoms with Gasteiger partial charge < -0.3 is 4.90 Å². The van der Waals surface area contributed by atoms with Gasteiger partial charge in [-0.3, -0.25) is 0 Å². The predicted octanol–water partition coefficient (Wildman–Crippen LogP) is 1.97. The average Bonchev–Trinajstić information content (AvgIpc) is 2.36. The van der Waals surface area contributed by atoms with Crippen LogP contribution in [0.25, 0.3) is 0 Å². The Kier molecular flexibility index (Phi) is 4.59. The summed E-state index contributed by atoms with van der Waals surface area (Å²) in [4.78, 5) is 2.08. The van der Waals surface area contributed by atoms with Gasteiger partial charge in [0.15, 0.2) is 0 Å². The fourth-order valence-electron chi connectivity index (χ4n) is 2.46. The first-order valence-corrected chi connectivity index (χ1v) is 8.54. The highest BCUT2D eigenvalue weighted by molar-refractivity contribution is 7.89. The van der Waals surface area contributed by atoms with Crippen LogP contribution in [-0.2, 0) is 10.0 Å². The number of hydrogen-bond donors (Lipinski definition) is 1. The number of sulfonamides is 1. The third kappa shape index (κ3) is 3.22. The number of hydrogen-bond acceptors (Lipinski definition) is 4. The molecule has 1 aromatic rings. The van der Waals surface area contributed by atoms with E-state index in [1.165, 1.54) is 18.2 Å². The van der Waals surface area contributed by atoms with E-state index in [9.17, 15) is 8.42 Å². The Morgan fingerprint density at radius 1 is 1.43 bits per heavy atom. The summed E-state index contributed by atoms with van der Waals surface area (Å²) < 4.78 is 27.4. The topological polar surface area (TPSA) is 73.2 Å². The monoisotopic (exact) mass is 327 g/mol. The van der Waals surface area contributed by atoms with Gasteiger partial charge in [-0.1, -0.05) is 11.6 Å². The molecule has 5 nitrogen and oxygen atoms in total. The Morgan fingerprint density at radius 3 is 2.52 bits per heavy atom. The summed E-state index contributed by atoms with van der Waals surface area (Å²) in [5, 5.41) is 8.85. The van der Waals surface area contributed by atoms with Gasteiger partial charge >= 0.3 is 0 Å². The van der Waals surface area contributed by atoms with Crippen LogP contribution in [0.5, 0.6) is 0 Å². The zero-order valence-electron chi connectivity index (χ0n) is 12.1. The molecule has 1 aliphatic carbocycles. The molecule has 2 rings (SSSR count). The van der Waals surface area contributed by atoms with Crippen LogP contribution in [0.1, 0.15) is 24.8 Å². The summed E-state index contributed by atoms with van der Waals surface area (Å²) in [6.45, 7) is 0.360. The molecule has 0 unspecified atom stereocenters. The van der Waals surface area contributed by atoms with Crippen LogP contribution in [0.2, 0.25) is 5.02 Å². The molecule has 0 amide bonds. The summed E-state index contributed by atoms with van der Waals surface area (Å²) in [5.74, 6) is 0. The molecule has 0 aromatic heterocycles. The highest BCUT2D eigenvalue weighted by atomic mass is 35.5. The first-order chi connectivity index (χ1) is 9.81. The maximum Gasteiger partial charge on any atom is 0.242 e. The van der Waals surface area contributed by atoms with Gasteiger partial charge in [0, 0.05) is 12.1 Å². The van der Waals surface area contributed by atoms with Crippen molar-refractivity contribution >= 4 is 21.6 Å². The number of nitrogens with zero attached hydrogens (tertiary/aromatic N) is 2. The van der Waals surface area contributed by atoms with E-state index in [1.54, 1.807) is 0 Å². The van der Waals surface area contributed by atoms with Crippen LogP contribution in [0.4, 0.5) is 0 Å². The van der Waals surface area contributed by atoms with Crippen LogP contribution in [0.3, 0.4) is 0 Å². The van der Waals surface area contributed by atoms with E-state index in [-0.39, 0.29) is 15.5 Å². The fraction of sp³-hybridized carbons (Fsp3) is 0.500. The van der Waals surface area contributed by atoms with Crippen molar-refractivity contribution in [1.82, 2.24) is 9.62 Å². The van der Waals surface area contributed by atoms with Crippen molar-refractivity contribution < 1.29 is 8.42 Å². The number of likely N-dealkylation sites (N-methyl/N-ethyl adjacent to an activating group) is 1. The van der Waals surface area contributed by atoms with Crippen molar-refractivity contribution in [2.75, 3.05) is 20.6 Å². The Hall–Kier alpha value is -1.13. The van der Waals surface area contributed by atoms with Gasteiger partial charge in [-0.2, -0.15) is 5.26 Å². The second-order valence-electron chi connectivity index (χ2n) is 5.55. The van der Waals surface area contributed by atoms with Crippen molar-refractivity contribution in [2.24, 2.45) is 0 Å². The second kappa shape index (κ2) is 5.93. The largest absolute Gasteiger partial charge is 0.302 e. The molecule has 114 valence electrons. The quantitative estimate of drug-likeness (QED) is 0.897. The standard InChI is InChI=1S/C14H18ClN3O2S/c1-18(2)14(6-3-7-14)10-17-21(19,20)13-5-4-11(9-16)8-12(13)15/h4-5,8,17H,3,6-7,10H2,1-2H3. The van der Waals surface area contributed by atoms with Gasteiger partial charge in [-0.05, 0) is 51.6 Å². The number of halogens is 1. The van der Waals surface area contributed by atoms with Crippen LogP contribution in [-0.4, -0.2) is 39.5 Å². The zero-order chi connectivity index (χ0) is 15.7. The van der Waals surface area contributed by atoms with Crippen LogP contribution in [0.15, 0.2) is 23.1 Å². The molecule has 0 radical (unpaired) electrons. The minimum absolute atomic E-state index is 0.0106. The molecule has 7 heteroatoms. The van der Waals surface area contributed by atoms with Crippen molar-refractivity contribution in [3.63, 3.8) is 0 Å². The van der Waals surface area contributed by atoms with E-state index in [1.807, 2.05) is 20.2 Å². The van der Waals surface area contributed by atoms with E-state index >= 15 is 0 Å². The lowest BCUT2D eigenvalue weighted by atomic mass is 9.76. The van der Waals surface area contributed by atoms with Gasteiger partial charge in [0.1, 0.15) is 4.90 Å². The molecule has 1 saturated carbocycles. The minimum atomic E-state index is -3.68. The SMILES string of the molecule is CN(C)C1(CNS(=O)(=O)c2ccc(C#N)cc2Cl)CCC1. The molecule has 0 bridgehead atoms. The molecule has 1 aromatic carbocycles. The molecular formula is C14H18ClN3O2S. The molecule has 0 spiro atoms. The number of nitriles is 1. The maximum absolute atomic E-state index is 12.4. The van der Waals surface area contributed by atoms with Gasteiger partial charge in [0.05, 0.1) is 16.7 Å². The minimum Gasteiger partial charge on any atom is -0.302 e. The summed E-state index contributed by atoms with van der Waals surface area (Å²) >= 11 is 5.97. The molecule has 0 saturated heterocycles. The van der Waals surface area contributed by atoms with Crippen molar-refractivity contribution in [3.8, 4) is 6.07 Å². The third-order valence-electron chi connectivity index (χ3n) is 4.17. The molecule has 1 aliphatic rings. The lowest BCUT2D eigenvalue weighted by Crippen LogP contribution is -2.57. The average molecular weight is 328 g/mol. The van der Waals surface area contributed by atoms with E-state index in [0.29, 0.717) is 12.1 Å². The maximum atomic E-state index is 12.4. The highest BCUT2D eigenvalue weighted by Gasteiger charge is 2.40. The Labute approximate surface area is 130 Å². The van der Waals surface area contributed by atoms with E-state index in [0.717, 1.165) is 19.3 Å². The predicted molar refractivity (Wildman–Crippen MR) is 81.6 cm³/mol. The first-order valence-electron chi connectivity index (χ1n) is 6.67. The Balaban J connectivity index is 2.18. The molecule has 0 aliphatic heterocycles.